The molecular formula is C14H18BrFN2O. The van der Waals surface area contributed by atoms with Gasteiger partial charge in [-0.3, -0.25) is 4.79 Å². The zero-order chi connectivity index (χ0) is 14.0. The second-order valence-corrected chi connectivity index (χ2v) is 6.20. The molecule has 1 saturated heterocycles. The standard InChI is InChI=1S/C14H18BrFN2O/c1-9-7-10(15)11(16)8-12(9)18-13(19)14(2)3-5-17-6-4-14/h7-8,17H,3-6H2,1-2H3,(H,18,19). The molecule has 1 aliphatic heterocycles. The SMILES string of the molecule is Cc1cc(Br)c(F)cc1NC(=O)C1(C)CCNCC1. The molecular weight excluding hydrogens is 311 g/mol. The molecule has 3 nitrogen and oxygen atoms in total. The van der Waals surface area contributed by atoms with Gasteiger partial charge in [0.1, 0.15) is 5.82 Å². The van der Waals surface area contributed by atoms with E-state index in [1.54, 1.807) is 6.07 Å². The van der Waals surface area contributed by atoms with Crippen LogP contribution in [0.2, 0.25) is 0 Å². The summed E-state index contributed by atoms with van der Waals surface area (Å²) in [7, 11) is 0. The minimum absolute atomic E-state index is 0.0289. The van der Waals surface area contributed by atoms with Crippen LogP contribution in [0.5, 0.6) is 0 Å². The smallest absolute Gasteiger partial charge is 0.230 e. The quantitative estimate of drug-likeness (QED) is 0.875. The number of aryl methyl sites for hydroxylation is 1. The Morgan fingerprint density at radius 2 is 2.05 bits per heavy atom. The van der Waals surface area contributed by atoms with Crippen LogP contribution >= 0.6 is 15.9 Å². The molecule has 0 radical (unpaired) electrons. The molecule has 0 aromatic heterocycles. The van der Waals surface area contributed by atoms with Crippen molar-refractivity contribution < 1.29 is 9.18 Å². The van der Waals surface area contributed by atoms with Crippen LogP contribution in [0.4, 0.5) is 10.1 Å². The minimum atomic E-state index is -0.374. The lowest BCUT2D eigenvalue weighted by atomic mass is 9.80. The molecule has 1 aromatic carbocycles. The van der Waals surface area contributed by atoms with Crippen molar-refractivity contribution in [3.63, 3.8) is 0 Å². The van der Waals surface area contributed by atoms with Crippen LogP contribution in [0.15, 0.2) is 16.6 Å². The minimum Gasteiger partial charge on any atom is -0.325 e. The van der Waals surface area contributed by atoms with Crippen LogP contribution in [0.25, 0.3) is 0 Å². The van der Waals surface area contributed by atoms with E-state index < -0.39 is 0 Å². The zero-order valence-electron chi connectivity index (χ0n) is 11.1. The highest BCUT2D eigenvalue weighted by Gasteiger charge is 2.34. The van der Waals surface area contributed by atoms with Crippen molar-refractivity contribution in [1.82, 2.24) is 5.32 Å². The van der Waals surface area contributed by atoms with E-state index in [9.17, 15) is 9.18 Å². The average Bonchev–Trinajstić information content (AvgIpc) is 2.36. The Morgan fingerprint density at radius 1 is 1.42 bits per heavy atom. The number of nitrogens with one attached hydrogen (secondary N) is 2. The summed E-state index contributed by atoms with van der Waals surface area (Å²) in [5.41, 5.74) is 1.02. The van der Waals surface area contributed by atoms with Crippen molar-refractivity contribution in [3.05, 3.63) is 28.0 Å². The molecule has 5 heteroatoms. The number of carbonyl (C=O) groups is 1. The van der Waals surface area contributed by atoms with E-state index in [0.29, 0.717) is 10.2 Å². The Bertz CT molecular complexity index is 498. The molecule has 104 valence electrons. The fraction of sp³-hybridized carbons (Fsp3) is 0.500. The molecule has 1 amide bonds. The van der Waals surface area contributed by atoms with Crippen molar-refractivity contribution in [2.75, 3.05) is 18.4 Å². The second kappa shape index (κ2) is 5.59. The van der Waals surface area contributed by atoms with Crippen molar-refractivity contribution in [3.8, 4) is 0 Å². The monoisotopic (exact) mass is 328 g/mol. The van der Waals surface area contributed by atoms with Gasteiger partial charge in [-0.25, -0.2) is 4.39 Å². The summed E-state index contributed by atoms with van der Waals surface area (Å²) in [4.78, 5) is 12.4. The zero-order valence-corrected chi connectivity index (χ0v) is 12.7. The molecule has 2 rings (SSSR count). The Labute approximate surface area is 121 Å². The van der Waals surface area contributed by atoms with Crippen LogP contribution in [0, 0.1) is 18.2 Å². The van der Waals surface area contributed by atoms with E-state index in [1.165, 1.54) is 6.07 Å². The van der Waals surface area contributed by atoms with E-state index in [4.69, 9.17) is 0 Å². The van der Waals surface area contributed by atoms with E-state index in [1.807, 2.05) is 13.8 Å². The summed E-state index contributed by atoms with van der Waals surface area (Å²) in [5, 5.41) is 6.10. The van der Waals surface area contributed by atoms with Gasteiger partial charge in [-0.1, -0.05) is 6.92 Å². The van der Waals surface area contributed by atoms with E-state index >= 15 is 0 Å². The third-order valence-corrected chi connectivity index (χ3v) is 4.38. The highest BCUT2D eigenvalue weighted by atomic mass is 79.9. The Kier molecular flexibility index (Phi) is 4.26. The van der Waals surface area contributed by atoms with Gasteiger partial charge in [0, 0.05) is 11.1 Å². The molecule has 0 saturated carbocycles. The molecule has 0 aliphatic carbocycles. The summed E-state index contributed by atoms with van der Waals surface area (Å²) in [6.07, 6.45) is 1.60. The first-order chi connectivity index (χ1) is 8.92. The molecule has 0 unspecified atom stereocenters. The number of anilines is 1. The van der Waals surface area contributed by atoms with Crippen molar-refractivity contribution >= 4 is 27.5 Å². The number of carbonyl (C=O) groups excluding carboxylic acids is 1. The number of hydrogen-bond donors (Lipinski definition) is 2. The lowest BCUT2D eigenvalue weighted by Crippen LogP contribution is -2.42. The summed E-state index contributed by atoms with van der Waals surface area (Å²) in [6, 6.07) is 3.04. The molecule has 0 bridgehead atoms. The Balaban J connectivity index is 2.16. The van der Waals surface area contributed by atoms with Crippen LogP contribution in [0.3, 0.4) is 0 Å². The van der Waals surface area contributed by atoms with E-state index in [0.717, 1.165) is 31.5 Å². The first kappa shape index (κ1) is 14.5. The summed E-state index contributed by atoms with van der Waals surface area (Å²) < 4.78 is 14.0. The molecule has 1 fully saturated rings. The summed E-state index contributed by atoms with van der Waals surface area (Å²) in [5.74, 6) is -0.393. The average molecular weight is 329 g/mol. The molecule has 2 N–H and O–H groups in total. The number of amides is 1. The van der Waals surface area contributed by atoms with Gasteiger partial charge in [-0.05, 0) is 66.5 Å². The van der Waals surface area contributed by atoms with Gasteiger partial charge in [0.15, 0.2) is 0 Å². The van der Waals surface area contributed by atoms with Crippen LogP contribution in [0.1, 0.15) is 25.3 Å². The summed E-state index contributed by atoms with van der Waals surface area (Å²) >= 11 is 3.14. The van der Waals surface area contributed by atoms with Crippen molar-refractivity contribution in [1.29, 1.82) is 0 Å². The lowest BCUT2D eigenvalue weighted by molar-refractivity contribution is -0.126. The predicted octanol–water partition coefficient (Wildman–Crippen LogP) is 3.22. The molecule has 0 atom stereocenters. The lowest BCUT2D eigenvalue weighted by Gasteiger charge is -2.32. The second-order valence-electron chi connectivity index (χ2n) is 5.35. The van der Waals surface area contributed by atoms with E-state index in [2.05, 4.69) is 26.6 Å². The van der Waals surface area contributed by atoms with Crippen LogP contribution < -0.4 is 10.6 Å². The summed E-state index contributed by atoms with van der Waals surface area (Å²) in [6.45, 7) is 5.51. The number of piperidine rings is 1. The third-order valence-electron chi connectivity index (χ3n) is 3.77. The first-order valence-electron chi connectivity index (χ1n) is 6.40. The van der Waals surface area contributed by atoms with Gasteiger partial charge in [0.05, 0.1) is 4.47 Å². The maximum atomic E-state index is 13.5. The highest BCUT2D eigenvalue weighted by Crippen LogP contribution is 2.31. The van der Waals surface area contributed by atoms with Crippen LogP contribution in [-0.4, -0.2) is 19.0 Å². The third kappa shape index (κ3) is 3.15. The fourth-order valence-electron chi connectivity index (χ4n) is 2.26. The van der Waals surface area contributed by atoms with Gasteiger partial charge in [-0.15, -0.1) is 0 Å². The number of halogens is 2. The van der Waals surface area contributed by atoms with Gasteiger partial charge >= 0.3 is 0 Å². The van der Waals surface area contributed by atoms with E-state index in [-0.39, 0.29) is 17.1 Å². The maximum absolute atomic E-state index is 13.5. The molecule has 0 spiro atoms. The molecule has 1 heterocycles. The normalized spacial score (nSPS) is 18.1. The number of rotatable bonds is 2. The molecule has 1 aromatic rings. The predicted molar refractivity (Wildman–Crippen MR) is 77.7 cm³/mol. The molecule has 1 aliphatic rings. The van der Waals surface area contributed by atoms with Gasteiger partial charge in [0.25, 0.3) is 0 Å². The first-order valence-corrected chi connectivity index (χ1v) is 7.19. The van der Waals surface area contributed by atoms with Crippen molar-refractivity contribution in [2.24, 2.45) is 5.41 Å². The number of benzene rings is 1. The topological polar surface area (TPSA) is 41.1 Å². The van der Waals surface area contributed by atoms with Gasteiger partial charge in [-0.2, -0.15) is 0 Å². The Morgan fingerprint density at radius 3 is 2.68 bits per heavy atom. The van der Waals surface area contributed by atoms with Crippen LogP contribution in [-0.2, 0) is 4.79 Å². The molecule has 19 heavy (non-hydrogen) atoms. The highest BCUT2D eigenvalue weighted by molar-refractivity contribution is 9.10. The van der Waals surface area contributed by atoms with Crippen molar-refractivity contribution in [2.45, 2.75) is 26.7 Å². The number of hydrogen-bond acceptors (Lipinski definition) is 2. The largest absolute Gasteiger partial charge is 0.325 e. The van der Waals surface area contributed by atoms with Gasteiger partial charge in [0.2, 0.25) is 5.91 Å². The van der Waals surface area contributed by atoms with Gasteiger partial charge < -0.3 is 10.6 Å². The maximum Gasteiger partial charge on any atom is 0.230 e. The Hall–Kier alpha value is -0.940. The fourth-order valence-corrected chi connectivity index (χ4v) is 2.72.